The monoisotopic (exact) mass is 457 g/mol. The van der Waals surface area contributed by atoms with E-state index in [1.165, 1.54) is 6.20 Å². The van der Waals surface area contributed by atoms with E-state index in [2.05, 4.69) is 25.4 Å². The van der Waals surface area contributed by atoms with Crippen LogP contribution in [0.3, 0.4) is 0 Å². The number of aromatic amines is 1. The lowest BCUT2D eigenvalue weighted by Gasteiger charge is -2.22. The van der Waals surface area contributed by atoms with Crippen LogP contribution in [-0.2, 0) is 21.2 Å². The fourth-order valence-electron chi connectivity index (χ4n) is 3.25. The molecule has 10 nitrogen and oxygen atoms in total. The average molecular weight is 458 g/mol. The summed E-state index contributed by atoms with van der Waals surface area (Å²) in [6, 6.07) is 15.4. The van der Waals surface area contributed by atoms with E-state index in [1.807, 2.05) is 54.6 Å². The summed E-state index contributed by atoms with van der Waals surface area (Å²) in [6.07, 6.45) is 2.25. The number of carbonyl (C=O) groups is 2. The highest BCUT2D eigenvalue weighted by Gasteiger charge is 2.27. The summed E-state index contributed by atoms with van der Waals surface area (Å²) in [5.74, 6) is -1.89. The summed E-state index contributed by atoms with van der Waals surface area (Å²) in [5, 5.41) is 21.8. The maximum atomic E-state index is 12.5. The van der Waals surface area contributed by atoms with E-state index in [-0.39, 0.29) is 18.5 Å². The molecular weight excluding hydrogens is 434 g/mol. The molecule has 3 rings (SSSR count). The molecule has 0 bridgehead atoms. The summed E-state index contributed by atoms with van der Waals surface area (Å²) in [5.41, 5.74) is 2.95. The summed E-state index contributed by atoms with van der Waals surface area (Å²) < 4.78 is 25.3. The van der Waals surface area contributed by atoms with E-state index in [1.54, 1.807) is 0 Å². The fourth-order valence-corrected chi connectivity index (χ4v) is 3.97. The number of amides is 1. The lowest BCUT2D eigenvalue weighted by Crippen LogP contribution is -2.47. The van der Waals surface area contributed by atoms with E-state index in [0.29, 0.717) is 0 Å². The molecule has 0 spiro atoms. The van der Waals surface area contributed by atoms with Crippen LogP contribution in [0.1, 0.15) is 22.5 Å². The van der Waals surface area contributed by atoms with Crippen LogP contribution in [0.5, 0.6) is 0 Å². The second-order valence-corrected chi connectivity index (χ2v) is 9.09. The molecule has 1 aromatic heterocycles. The Hall–Kier alpha value is -3.57. The number of benzene rings is 2. The van der Waals surface area contributed by atoms with Gasteiger partial charge < -0.3 is 10.4 Å². The topological polar surface area (TPSA) is 154 Å². The van der Waals surface area contributed by atoms with Gasteiger partial charge in [-0.15, -0.1) is 0 Å². The normalized spacial score (nSPS) is 13.3. The van der Waals surface area contributed by atoms with Gasteiger partial charge in [0, 0.05) is 6.04 Å². The van der Waals surface area contributed by atoms with Crippen molar-refractivity contribution in [3.05, 3.63) is 72.1 Å². The van der Waals surface area contributed by atoms with Crippen LogP contribution >= 0.6 is 0 Å². The molecule has 2 atom stereocenters. The lowest BCUT2D eigenvalue weighted by molar-refractivity contribution is -0.139. The van der Waals surface area contributed by atoms with Crippen molar-refractivity contribution in [2.24, 2.45) is 0 Å². The van der Waals surface area contributed by atoms with Gasteiger partial charge in [-0.25, -0.2) is 13.1 Å². The van der Waals surface area contributed by atoms with Crippen molar-refractivity contribution in [1.82, 2.24) is 25.4 Å². The van der Waals surface area contributed by atoms with Gasteiger partial charge >= 0.3 is 5.97 Å². The number of nitrogens with zero attached hydrogens (tertiary/aromatic N) is 2. The number of hydrogen-bond acceptors (Lipinski definition) is 6. The Morgan fingerprint density at radius 2 is 1.72 bits per heavy atom. The number of H-pyrrole nitrogens is 1. The number of aliphatic carboxylic acids is 1. The molecule has 0 saturated heterocycles. The van der Waals surface area contributed by atoms with Crippen LogP contribution < -0.4 is 10.0 Å². The number of carbonyl (C=O) groups excluding carboxylic acids is 1. The molecule has 0 aliphatic rings. The zero-order chi connectivity index (χ0) is 23.1. The Morgan fingerprint density at radius 1 is 1.06 bits per heavy atom. The lowest BCUT2D eigenvalue weighted by atomic mass is 9.97. The summed E-state index contributed by atoms with van der Waals surface area (Å²) >= 11 is 0. The summed E-state index contributed by atoms with van der Waals surface area (Å²) in [6.45, 7) is 0. The van der Waals surface area contributed by atoms with Gasteiger partial charge in [0.05, 0.1) is 12.5 Å². The quantitative estimate of drug-likeness (QED) is 0.357. The first-order chi connectivity index (χ1) is 15.2. The Balaban J connectivity index is 1.79. The molecule has 4 N–H and O–H groups in total. The van der Waals surface area contributed by atoms with Crippen molar-refractivity contribution in [3.63, 3.8) is 0 Å². The van der Waals surface area contributed by atoms with Gasteiger partial charge in [-0.2, -0.15) is 15.4 Å². The Morgan fingerprint density at radius 3 is 2.28 bits per heavy atom. The van der Waals surface area contributed by atoms with Crippen molar-refractivity contribution in [2.45, 2.75) is 24.9 Å². The Bertz CT molecular complexity index is 1150. The van der Waals surface area contributed by atoms with Crippen LogP contribution in [0.15, 0.2) is 60.8 Å². The zero-order valence-corrected chi connectivity index (χ0v) is 18.0. The van der Waals surface area contributed by atoms with E-state index in [4.69, 9.17) is 0 Å². The Labute approximate surface area is 185 Å². The molecule has 0 aliphatic carbocycles. The number of carboxylic acids is 1. The van der Waals surface area contributed by atoms with Gasteiger partial charge in [0.15, 0.2) is 5.69 Å². The third-order valence-corrected chi connectivity index (χ3v) is 5.41. The van der Waals surface area contributed by atoms with E-state index >= 15 is 0 Å². The van der Waals surface area contributed by atoms with Crippen molar-refractivity contribution < 1.29 is 23.1 Å². The highest BCUT2D eigenvalue weighted by molar-refractivity contribution is 7.88. The van der Waals surface area contributed by atoms with Gasteiger partial charge in [-0.1, -0.05) is 54.6 Å². The van der Waals surface area contributed by atoms with E-state index < -0.39 is 34.0 Å². The molecule has 0 aliphatic heterocycles. The average Bonchev–Trinajstić information content (AvgIpc) is 3.28. The third kappa shape index (κ3) is 6.72. The Kier molecular flexibility index (Phi) is 7.33. The number of hydrogen-bond donors (Lipinski definition) is 4. The van der Waals surface area contributed by atoms with Gasteiger partial charge in [0.1, 0.15) is 6.04 Å². The van der Waals surface area contributed by atoms with Crippen LogP contribution in [0.2, 0.25) is 0 Å². The number of rotatable bonds is 10. The van der Waals surface area contributed by atoms with E-state index in [9.17, 15) is 23.1 Å². The molecule has 1 heterocycles. The molecule has 0 radical (unpaired) electrons. The zero-order valence-electron chi connectivity index (χ0n) is 17.2. The van der Waals surface area contributed by atoms with Crippen LogP contribution in [0.25, 0.3) is 11.1 Å². The predicted octanol–water partition coefficient (Wildman–Crippen LogP) is 1.21. The third-order valence-electron chi connectivity index (χ3n) is 4.70. The smallest absolute Gasteiger partial charge is 0.321 e. The van der Waals surface area contributed by atoms with Gasteiger partial charge in [0.25, 0.3) is 5.91 Å². The largest absolute Gasteiger partial charge is 0.480 e. The maximum Gasteiger partial charge on any atom is 0.321 e. The molecule has 2 aromatic carbocycles. The first-order valence-electron chi connectivity index (χ1n) is 9.72. The predicted molar refractivity (Wildman–Crippen MR) is 117 cm³/mol. The minimum absolute atomic E-state index is 0.0392. The number of aromatic nitrogens is 3. The molecule has 2 unspecified atom stereocenters. The number of carboxylic acid groups (broad SMARTS) is 1. The second kappa shape index (κ2) is 10.2. The van der Waals surface area contributed by atoms with Crippen molar-refractivity contribution in [2.75, 3.05) is 6.26 Å². The summed E-state index contributed by atoms with van der Waals surface area (Å²) in [7, 11) is -3.77. The highest BCUT2D eigenvalue weighted by Crippen LogP contribution is 2.20. The van der Waals surface area contributed by atoms with Crippen LogP contribution in [0.4, 0.5) is 0 Å². The first-order valence-corrected chi connectivity index (χ1v) is 11.6. The standard InChI is InChI=1S/C21H23N5O5S/c1-32(30,31)25-18(21(28)29)12-17(23-20(27)19-13-22-26-24-19)11-14-7-9-16(10-8-14)15-5-3-2-4-6-15/h2-10,13,17-18,25H,11-12H2,1H3,(H,23,27)(H,28,29)(H,22,24,26). The molecule has 168 valence electrons. The van der Waals surface area contributed by atoms with Crippen LogP contribution in [-0.4, -0.2) is 59.2 Å². The fraction of sp³-hybridized carbons (Fsp3) is 0.238. The second-order valence-electron chi connectivity index (χ2n) is 7.31. The minimum Gasteiger partial charge on any atom is -0.480 e. The molecule has 11 heteroatoms. The minimum atomic E-state index is -3.77. The van der Waals surface area contributed by atoms with Crippen LogP contribution in [0, 0.1) is 0 Å². The molecular formula is C21H23N5O5S. The summed E-state index contributed by atoms with van der Waals surface area (Å²) in [4.78, 5) is 24.1. The molecule has 1 amide bonds. The highest BCUT2D eigenvalue weighted by atomic mass is 32.2. The van der Waals surface area contributed by atoms with Gasteiger partial charge in [-0.3, -0.25) is 9.59 Å². The molecule has 0 saturated carbocycles. The van der Waals surface area contributed by atoms with Gasteiger partial charge in [-0.05, 0) is 29.5 Å². The number of nitrogens with one attached hydrogen (secondary N) is 3. The SMILES string of the molecule is CS(=O)(=O)NC(CC(Cc1ccc(-c2ccccc2)cc1)NC(=O)c1cn[nH]n1)C(=O)O. The van der Waals surface area contributed by atoms with Gasteiger partial charge in [0.2, 0.25) is 10.0 Å². The number of sulfonamides is 1. The van der Waals surface area contributed by atoms with Crippen molar-refractivity contribution in [1.29, 1.82) is 0 Å². The molecule has 32 heavy (non-hydrogen) atoms. The molecule has 0 fully saturated rings. The van der Waals surface area contributed by atoms with E-state index in [0.717, 1.165) is 22.9 Å². The maximum absolute atomic E-state index is 12.5. The first kappa shape index (κ1) is 23.1. The van der Waals surface area contributed by atoms with Crippen molar-refractivity contribution >= 4 is 21.9 Å². The molecule has 3 aromatic rings. The van der Waals surface area contributed by atoms with Crippen molar-refractivity contribution in [3.8, 4) is 11.1 Å².